The van der Waals surface area contributed by atoms with Gasteiger partial charge in [0.15, 0.2) is 11.5 Å². The molecule has 7 rings (SSSR count). The lowest BCUT2D eigenvalue weighted by atomic mass is 10.1. The van der Waals surface area contributed by atoms with Crippen LogP contribution in [0.1, 0.15) is 17.3 Å². The number of nitrogens with one attached hydrogen (secondary N) is 1. The molecule has 1 unspecified atom stereocenters. The second kappa shape index (κ2) is 7.78. The first-order chi connectivity index (χ1) is 16.8. The molecule has 0 saturated heterocycles. The van der Waals surface area contributed by atoms with Crippen LogP contribution in [0, 0.1) is 0 Å². The fourth-order valence-corrected chi connectivity index (χ4v) is 4.91. The Morgan fingerprint density at radius 1 is 0.912 bits per heavy atom. The minimum Gasteiger partial charge on any atom is -0.486 e. The lowest BCUT2D eigenvalue weighted by Gasteiger charge is -2.41. The summed E-state index contributed by atoms with van der Waals surface area (Å²) in [5.41, 5.74) is 4.38. The van der Waals surface area contributed by atoms with Gasteiger partial charge in [-0.25, -0.2) is 9.98 Å². The van der Waals surface area contributed by atoms with Crippen LogP contribution < -0.4 is 19.7 Å². The van der Waals surface area contributed by atoms with Crippen molar-refractivity contribution in [2.24, 2.45) is 4.99 Å². The Balaban J connectivity index is 1.30. The number of ether oxygens (including phenoxy) is 2. The maximum absolute atomic E-state index is 5.86. The number of benzene rings is 3. The van der Waals surface area contributed by atoms with Crippen LogP contribution in [0.3, 0.4) is 0 Å². The number of imidazole rings is 1. The van der Waals surface area contributed by atoms with Crippen molar-refractivity contribution in [2.75, 3.05) is 31.5 Å². The van der Waals surface area contributed by atoms with E-state index in [1.165, 1.54) is 5.56 Å². The van der Waals surface area contributed by atoms with E-state index in [9.17, 15) is 0 Å². The predicted molar refractivity (Wildman–Crippen MR) is 130 cm³/mol. The summed E-state index contributed by atoms with van der Waals surface area (Å²) in [7, 11) is 0. The normalized spacial score (nSPS) is 19.2. The molecule has 8 nitrogen and oxygen atoms in total. The van der Waals surface area contributed by atoms with Gasteiger partial charge in [0.2, 0.25) is 11.9 Å². The molecule has 3 aliphatic rings. The van der Waals surface area contributed by atoms with E-state index in [1.807, 2.05) is 18.2 Å². The summed E-state index contributed by atoms with van der Waals surface area (Å²) in [4.78, 5) is 14.4. The SMILES string of the molecule is c1ccc(CN2CN=C3NC(c4ccc5c(c4)OCCO5)n4c(nc5ccccc54)N3C2)cc1. The zero-order valence-corrected chi connectivity index (χ0v) is 18.6. The summed E-state index contributed by atoms with van der Waals surface area (Å²) >= 11 is 0. The van der Waals surface area contributed by atoms with Crippen LogP contribution in [0.15, 0.2) is 77.8 Å². The zero-order valence-electron chi connectivity index (χ0n) is 18.6. The number of para-hydroxylation sites is 2. The molecule has 1 atom stereocenters. The molecule has 4 heterocycles. The molecule has 0 spiro atoms. The third-order valence-corrected chi connectivity index (χ3v) is 6.49. The van der Waals surface area contributed by atoms with E-state index in [0.29, 0.717) is 26.6 Å². The largest absolute Gasteiger partial charge is 0.486 e. The lowest BCUT2D eigenvalue weighted by molar-refractivity contribution is 0.171. The van der Waals surface area contributed by atoms with Crippen molar-refractivity contribution in [3.05, 3.63) is 83.9 Å². The minimum atomic E-state index is -0.158. The second-order valence-electron chi connectivity index (χ2n) is 8.73. The lowest BCUT2D eigenvalue weighted by Crippen LogP contribution is -2.57. The van der Waals surface area contributed by atoms with Crippen molar-refractivity contribution in [2.45, 2.75) is 12.7 Å². The van der Waals surface area contributed by atoms with Crippen LogP contribution in [0.2, 0.25) is 0 Å². The van der Waals surface area contributed by atoms with E-state index in [0.717, 1.165) is 46.5 Å². The number of hydrogen-bond donors (Lipinski definition) is 1. The second-order valence-corrected chi connectivity index (χ2v) is 8.73. The topological polar surface area (TPSA) is 67.2 Å². The van der Waals surface area contributed by atoms with Crippen LogP contribution >= 0.6 is 0 Å². The molecule has 4 aromatic rings. The number of hydrogen-bond acceptors (Lipinski definition) is 7. The maximum Gasteiger partial charge on any atom is 0.216 e. The van der Waals surface area contributed by atoms with Gasteiger partial charge in [-0.05, 0) is 35.4 Å². The number of fused-ring (bicyclic) bond motifs is 6. The Labute approximate surface area is 197 Å². The smallest absolute Gasteiger partial charge is 0.216 e. The Hall–Kier alpha value is -4.04. The Kier molecular flexibility index (Phi) is 4.44. The number of rotatable bonds is 3. The van der Waals surface area contributed by atoms with Gasteiger partial charge in [-0.1, -0.05) is 48.5 Å². The van der Waals surface area contributed by atoms with Crippen molar-refractivity contribution >= 4 is 22.9 Å². The van der Waals surface area contributed by atoms with Gasteiger partial charge in [-0.3, -0.25) is 14.4 Å². The number of guanidine groups is 1. The van der Waals surface area contributed by atoms with Crippen LogP contribution in [-0.2, 0) is 6.54 Å². The van der Waals surface area contributed by atoms with Crippen molar-refractivity contribution in [1.82, 2.24) is 19.8 Å². The maximum atomic E-state index is 5.86. The Morgan fingerprint density at radius 2 is 1.74 bits per heavy atom. The molecule has 0 saturated carbocycles. The van der Waals surface area contributed by atoms with Gasteiger partial charge in [-0.15, -0.1) is 0 Å². The Morgan fingerprint density at radius 3 is 2.65 bits per heavy atom. The summed E-state index contributed by atoms with van der Waals surface area (Å²) in [5.74, 6) is 3.29. The zero-order chi connectivity index (χ0) is 22.5. The molecule has 3 aromatic carbocycles. The third kappa shape index (κ3) is 3.18. The third-order valence-electron chi connectivity index (χ3n) is 6.49. The van der Waals surface area contributed by atoms with E-state index in [2.05, 4.69) is 74.3 Å². The van der Waals surface area contributed by atoms with Crippen molar-refractivity contribution in [1.29, 1.82) is 0 Å². The average Bonchev–Trinajstić information content (AvgIpc) is 3.29. The van der Waals surface area contributed by atoms with Gasteiger partial charge in [-0.2, -0.15) is 0 Å². The summed E-state index contributed by atoms with van der Waals surface area (Å²) in [5, 5.41) is 3.67. The number of aromatic nitrogens is 2. The number of anilines is 1. The van der Waals surface area contributed by atoms with Crippen molar-refractivity contribution in [3.63, 3.8) is 0 Å². The van der Waals surface area contributed by atoms with E-state index >= 15 is 0 Å². The van der Waals surface area contributed by atoms with Gasteiger partial charge in [0.25, 0.3) is 0 Å². The monoisotopic (exact) mass is 452 g/mol. The molecule has 34 heavy (non-hydrogen) atoms. The fourth-order valence-electron chi connectivity index (χ4n) is 4.91. The molecular weight excluding hydrogens is 428 g/mol. The number of aliphatic imine (C=N–C) groups is 1. The van der Waals surface area contributed by atoms with Gasteiger partial charge in [0.1, 0.15) is 19.4 Å². The summed E-state index contributed by atoms with van der Waals surface area (Å²) in [6.45, 7) is 3.31. The molecule has 0 bridgehead atoms. The molecule has 0 amide bonds. The molecule has 0 aliphatic carbocycles. The van der Waals surface area contributed by atoms with E-state index in [-0.39, 0.29) is 6.17 Å². The highest BCUT2D eigenvalue weighted by Gasteiger charge is 2.36. The first kappa shape index (κ1) is 19.4. The first-order valence-electron chi connectivity index (χ1n) is 11.5. The molecule has 1 aromatic heterocycles. The number of nitrogens with zero attached hydrogens (tertiary/aromatic N) is 5. The predicted octanol–water partition coefficient (Wildman–Crippen LogP) is 3.55. The van der Waals surface area contributed by atoms with Crippen molar-refractivity contribution < 1.29 is 9.47 Å². The van der Waals surface area contributed by atoms with Crippen LogP contribution in [-0.4, -0.2) is 47.0 Å². The quantitative estimate of drug-likeness (QED) is 0.513. The molecule has 170 valence electrons. The summed E-state index contributed by atoms with van der Waals surface area (Å²) < 4.78 is 13.9. The summed E-state index contributed by atoms with van der Waals surface area (Å²) in [6.07, 6.45) is -0.158. The van der Waals surface area contributed by atoms with Crippen LogP contribution in [0.4, 0.5) is 5.95 Å². The van der Waals surface area contributed by atoms with Crippen LogP contribution in [0.5, 0.6) is 11.5 Å². The van der Waals surface area contributed by atoms with Gasteiger partial charge in [0, 0.05) is 6.54 Å². The van der Waals surface area contributed by atoms with Crippen molar-refractivity contribution in [3.8, 4) is 11.5 Å². The summed E-state index contributed by atoms with van der Waals surface area (Å²) in [6, 6.07) is 24.9. The van der Waals surface area contributed by atoms with Gasteiger partial charge in [0.05, 0.1) is 24.4 Å². The van der Waals surface area contributed by atoms with Gasteiger partial charge < -0.3 is 14.8 Å². The average molecular weight is 453 g/mol. The Bertz CT molecular complexity index is 1400. The van der Waals surface area contributed by atoms with E-state index in [1.54, 1.807) is 0 Å². The highest BCUT2D eigenvalue weighted by molar-refractivity contribution is 5.98. The minimum absolute atomic E-state index is 0.158. The molecule has 3 aliphatic heterocycles. The first-order valence-corrected chi connectivity index (χ1v) is 11.5. The molecule has 0 fully saturated rings. The van der Waals surface area contributed by atoms with E-state index in [4.69, 9.17) is 19.5 Å². The molecule has 8 heteroatoms. The standard InChI is InChI=1S/C26H24N6O2/c1-2-6-18(7-3-1)15-30-16-27-25-29-24(19-10-11-22-23(14-19)34-13-12-33-22)32-21-9-5-4-8-20(21)28-26(32)31(25)17-30/h1-11,14,24H,12-13,15-17H2,(H,27,29). The fraction of sp³-hybridized carbons (Fsp3) is 0.231. The highest BCUT2D eigenvalue weighted by atomic mass is 16.6. The van der Waals surface area contributed by atoms with E-state index < -0.39 is 0 Å². The van der Waals surface area contributed by atoms with Gasteiger partial charge >= 0.3 is 0 Å². The molecular formula is C26H24N6O2. The highest BCUT2D eigenvalue weighted by Crippen LogP contribution is 2.38. The molecule has 1 N–H and O–H groups in total. The molecule has 0 radical (unpaired) electrons. The van der Waals surface area contributed by atoms with Crippen LogP contribution in [0.25, 0.3) is 11.0 Å².